The summed E-state index contributed by atoms with van der Waals surface area (Å²) >= 11 is 0. The van der Waals surface area contributed by atoms with Crippen LogP contribution in [0, 0.1) is 27.2 Å². The smallest absolute Gasteiger partial charge is 0.295 e. The normalized spacial score (nSPS) is 16.8. The first-order valence-electron chi connectivity index (χ1n) is 6.35. The Balaban J connectivity index is 2.23. The van der Waals surface area contributed by atoms with Gasteiger partial charge in [-0.25, -0.2) is 8.78 Å². The number of nitrogens with one attached hydrogen (secondary N) is 1. The lowest BCUT2D eigenvalue weighted by molar-refractivity contribution is -0.384. The monoisotopic (exact) mass is 270 g/mol. The fraction of sp³-hybridized carbons (Fsp3) is 0.538. The maximum Gasteiger partial charge on any atom is 0.295 e. The van der Waals surface area contributed by atoms with Crippen LogP contribution in [-0.2, 0) is 0 Å². The van der Waals surface area contributed by atoms with Crippen LogP contribution in [0.3, 0.4) is 0 Å². The average molecular weight is 270 g/mol. The highest BCUT2D eigenvalue weighted by molar-refractivity contribution is 5.62. The van der Waals surface area contributed by atoms with Crippen molar-refractivity contribution < 1.29 is 13.7 Å². The Labute approximate surface area is 110 Å². The number of nitro benzene ring substituents is 1. The summed E-state index contributed by atoms with van der Waals surface area (Å²) in [7, 11) is 0. The van der Waals surface area contributed by atoms with Crippen molar-refractivity contribution >= 4 is 11.4 Å². The van der Waals surface area contributed by atoms with Gasteiger partial charge in [-0.1, -0.05) is 13.3 Å². The van der Waals surface area contributed by atoms with Gasteiger partial charge in [-0.05, 0) is 30.7 Å². The standard InChI is InChI=1S/C13H16F2N2O2/c1-2-13(6-3-7-13)8-16-12-10(17(18)19)5-4-9(14)11(12)15/h4-5,16H,2-3,6-8H2,1H3. The molecule has 0 radical (unpaired) electrons. The maximum atomic E-state index is 13.7. The van der Waals surface area contributed by atoms with E-state index in [-0.39, 0.29) is 11.1 Å². The molecule has 0 saturated heterocycles. The third-order valence-corrected chi connectivity index (χ3v) is 4.07. The van der Waals surface area contributed by atoms with Crippen LogP contribution < -0.4 is 5.32 Å². The zero-order valence-corrected chi connectivity index (χ0v) is 10.7. The zero-order valence-electron chi connectivity index (χ0n) is 10.7. The van der Waals surface area contributed by atoms with Crippen LogP contribution in [0.2, 0.25) is 0 Å². The molecule has 0 aromatic heterocycles. The molecule has 0 unspecified atom stereocenters. The molecule has 0 spiro atoms. The molecule has 104 valence electrons. The fourth-order valence-corrected chi connectivity index (χ4v) is 2.47. The van der Waals surface area contributed by atoms with Gasteiger partial charge in [0.2, 0.25) is 0 Å². The Bertz CT molecular complexity index is 496. The highest BCUT2D eigenvalue weighted by Crippen LogP contribution is 2.44. The first-order valence-corrected chi connectivity index (χ1v) is 6.35. The van der Waals surface area contributed by atoms with Gasteiger partial charge >= 0.3 is 0 Å². The quantitative estimate of drug-likeness (QED) is 0.652. The SMILES string of the molecule is CCC1(CNc2c([N+](=O)[O-])ccc(F)c2F)CCC1. The van der Waals surface area contributed by atoms with Crippen LogP contribution in [0.5, 0.6) is 0 Å². The number of nitro groups is 1. The van der Waals surface area contributed by atoms with Crippen molar-refractivity contribution in [3.05, 3.63) is 33.9 Å². The van der Waals surface area contributed by atoms with Crippen molar-refractivity contribution in [2.75, 3.05) is 11.9 Å². The van der Waals surface area contributed by atoms with Crippen molar-refractivity contribution in [2.45, 2.75) is 32.6 Å². The van der Waals surface area contributed by atoms with Crippen LogP contribution >= 0.6 is 0 Å². The van der Waals surface area contributed by atoms with E-state index in [9.17, 15) is 18.9 Å². The van der Waals surface area contributed by atoms with E-state index in [1.807, 2.05) is 6.92 Å². The molecule has 1 N–H and O–H groups in total. The molecular formula is C13H16F2N2O2. The molecule has 0 atom stereocenters. The van der Waals surface area contributed by atoms with Crippen LogP contribution in [0.4, 0.5) is 20.2 Å². The summed E-state index contributed by atoms with van der Waals surface area (Å²) in [5, 5.41) is 13.6. The molecule has 1 saturated carbocycles. The van der Waals surface area contributed by atoms with Gasteiger partial charge in [0.15, 0.2) is 17.3 Å². The molecule has 2 rings (SSSR count). The number of nitrogens with zero attached hydrogens (tertiary/aromatic N) is 1. The van der Waals surface area contributed by atoms with E-state index in [0.29, 0.717) is 6.54 Å². The highest BCUT2D eigenvalue weighted by atomic mass is 19.2. The molecule has 1 aromatic carbocycles. The molecule has 0 heterocycles. The molecule has 1 aliphatic rings. The number of anilines is 1. The molecule has 0 aliphatic heterocycles. The van der Waals surface area contributed by atoms with Crippen molar-refractivity contribution in [1.29, 1.82) is 0 Å². The van der Waals surface area contributed by atoms with Crippen LogP contribution in [-0.4, -0.2) is 11.5 Å². The summed E-state index contributed by atoms with van der Waals surface area (Å²) in [5.74, 6) is -2.26. The Morgan fingerprint density at radius 1 is 1.42 bits per heavy atom. The van der Waals surface area contributed by atoms with E-state index in [4.69, 9.17) is 0 Å². The fourth-order valence-electron chi connectivity index (χ4n) is 2.47. The molecule has 6 heteroatoms. The van der Waals surface area contributed by atoms with Gasteiger partial charge in [-0.3, -0.25) is 10.1 Å². The number of benzene rings is 1. The molecule has 1 fully saturated rings. The Hall–Kier alpha value is -1.72. The van der Waals surface area contributed by atoms with Gasteiger partial charge in [-0.2, -0.15) is 0 Å². The minimum absolute atomic E-state index is 0.0621. The first kappa shape index (κ1) is 13.7. The van der Waals surface area contributed by atoms with E-state index < -0.39 is 22.2 Å². The Morgan fingerprint density at radius 3 is 2.58 bits per heavy atom. The third kappa shape index (κ3) is 2.52. The van der Waals surface area contributed by atoms with Gasteiger partial charge in [0.05, 0.1) is 4.92 Å². The van der Waals surface area contributed by atoms with E-state index in [1.54, 1.807) is 0 Å². The van der Waals surface area contributed by atoms with Gasteiger partial charge < -0.3 is 5.32 Å². The third-order valence-electron chi connectivity index (χ3n) is 4.07. The summed E-state index contributed by atoms with van der Waals surface area (Å²) < 4.78 is 26.9. The lowest BCUT2D eigenvalue weighted by Gasteiger charge is -2.41. The molecule has 0 bridgehead atoms. The number of hydrogen-bond acceptors (Lipinski definition) is 3. The second-order valence-electron chi connectivity index (χ2n) is 5.07. The molecule has 1 aliphatic carbocycles. The summed E-state index contributed by atoms with van der Waals surface area (Å²) in [4.78, 5) is 10.1. The number of rotatable bonds is 5. The maximum absolute atomic E-state index is 13.7. The van der Waals surface area contributed by atoms with Gasteiger partial charge in [0.25, 0.3) is 5.69 Å². The van der Waals surface area contributed by atoms with Crippen LogP contribution in [0.15, 0.2) is 12.1 Å². The molecule has 0 amide bonds. The minimum Gasteiger partial charge on any atom is -0.376 e. The van der Waals surface area contributed by atoms with E-state index >= 15 is 0 Å². The number of halogens is 2. The topological polar surface area (TPSA) is 55.2 Å². The summed E-state index contributed by atoms with van der Waals surface area (Å²) in [6.07, 6.45) is 4.07. The predicted octanol–water partition coefficient (Wildman–Crippen LogP) is 3.87. The second kappa shape index (κ2) is 5.11. The van der Waals surface area contributed by atoms with E-state index in [1.165, 1.54) is 0 Å². The van der Waals surface area contributed by atoms with E-state index in [2.05, 4.69) is 5.32 Å². The van der Waals surface area contributed by atoms with Gasteiger partial charge in [0, 0.05) is 12.6 Å². The van der Waals surface area contributed by atoms with E-state index in [0.717, 1.165) is 37.8 Å². The average Bonchev–Trinajstić information content (AvgIpc) is 2.33. The predicted molar refractivity (Wildman–Crippen MR) is 68.1 cm³/mol. The lowest BCUT2D eigenvalue weighted by Crippen LogP contribution is -2.36. The molecule has 19 heavy (non-hydrogen) atoms. The summed E-state index contributed by atoms with van der Waals surface area (Å²) in [5.41, 5.74) is -0.707. The van der Waals surface area contributed by atoms with Crippen molar-refractivity contribution in [2.24, 2.45) is 5.41 Å². The summed E-state index contributed by atoms with van der Waals surface area (Å²) in [6, 6.07) is 1.76. The largest absolute Gasteiger partial charge is 0.376 e. The van der Waals surface area contributed by atoms with Crippen molar-refractivity contribution in [3.8, 4) is 0 Å². The molecule has 1 aromatic rings. The Kier molecular flexibility index (Phi) is 3.68. The van der Waals surface area contributed by atoms with Gasteiger partial charge in [0.1, 0.15) is 0 Å². The minimum atomic E-state index is -1.18. The highest BCUT2D eigenvalue weighted by Gasteiger charge is 2.35. The lowest BCUT2D eigenvalue weighted by atomic mass is 9.67. The van der Waals surface area contributed by atoms with Crippen LogP contribution in [0.25, 0.3) is 0 Å². The molecule has 4 nitrogen and oxygen atoms in total. The number of hydrogen-bond donors (Lipinski definition) is 1. The second-order valence-corrected chi connectivity index (χ2v) is 5.07. The van der Waals surface area contributed by atoms with Crippen molar-refractivity contribution in [3.63, 3.8) is 0 Å². The first-order chi connectivity index (χ1) is 8.99. The zero-order chi connectivity index (χ0) is 14.0. The Morgan fingerprint density at radius 2 is 2.11 bits per heavy atom. The van der Waals surface area contributed by atoms with Crippen LogP contribution in [0.1, 0.15) is 32.6 Å². The summed E-state index contributed by atoms with van der Waals surface area (Å²) in [6.45, 7) is 2.47. The molecular weight excluding hydrogens is 254 g/mol. The van der Waals surface area contributed by atoms with Crippen molar-refractivity contribution in [1.82, 2.24) is 0 Å². The van der Waals surface area contributed by atoms with Gasteiger partial charge in [-0.15, -0.1) is 0 Å².